The molecule has 0 heterocycles. The Bertz CT molecular complexity index is 770. The minimum absolute atomic E-state index is 0.0543. The van der Waals surface area contributed by atoms with Crippen LogP contribution < -0.4 is 10.6 Å². The Balaban J connectivity index is 2.14. The molecular formula is C20H23ClN2O2. The molecule has 1 atom stereocenters. The lowest BCUT2D eigenvalue weighted by Gasteiger charge is -2.22. The van der Waals surface area contributed by atoms with Crippen molar-refractivity contribution in [1.82, 2.24) is 5.32 Å². The number of hydrogen-bond donors (Lipinski definition) is 2. The van der Waals surface area contributed by atoms with Gasteiger partial charge in [-0.05, 0) is 61.2 Å². The summed E-state index contributed by atoms with van der Waals surface area (Å²) in [5.74, 6) is -0.584. The molecule has 2 N–H and O–H groups in total. The molecule has 0 saturated heterocycles. The quantitative estimate of drug-likeness (QED) is 0.834. The average Bonchev–Trinajstić information content (AvgIpc) is 2.56. The molecule has 2 amide bonds. The van der Waals surface area contributed by atoms with Gasteiger partial charge in [-0.15, -0.1) is 0 Å². The molecule has 0 bridgehead atoms. The van der Waals surface area contributed by atoms with E-state index in [0.717, 1.165) is 16.8 Å². The highest BCUT2D eigenvalue weighted by molar-refractivity contribution is 6.30. The number of benzene rings is 2. The molecule has 2 aromatic carbocycles. The van der Waals surface area contributed by atoms with Crippen LogP contribution in [0.25, 0.3) is 0 Å². The third-order valence-corrected chi connectivity index (χ3v) is 4.46. The van der Waals surface area contributed by atoms with Crippen LogP contribution in [0.2, 0.25) is 5.02 Å². The van der Waals surface area contributed by atoms with Gasteiger partial charge in [-0.2, -0.15) is 0 Å². The van der Waals surface area contributed by atoms with Crippen LogP contribution in [0.15, 0.2) is 42.5 Å². The van der Waals surface area contributed by atoms with Gasteiger partial charge in [0.15, 0.2) is 0 Å². The van der Waals surface area contributed by atoms with Crippen molar-refractivity contribution in [3.05, 3.63) is 64.2 Å². The van der Waals surface area contributed by atoms with Gasteiger partial charge in [0.2, 0.25) is 5.91 Å². The predicted octanol–water partition coefficient (Wildman–Crippen LogP) is 4.35. The van der Waals surface area contributed by atoms with E-state index in [2.05, 4.69) is 10.6 Å². The number of carbonyl (C=O) groups excluding carboxylic acids is 2. The maximum Gasteiger partial charge on any atom is 0.251 e. The van der Waals surface area contributed by atoms with E-state index in [0.29, 0.717) is 10.6 Å². The Hall–Kier alpha value is -2.33. The number of carbonyl (C=O) groups is 2. The Morgan fingerprint density at radius 2 is 1.64 bits per heavy atom. The standard InChI is InChI=1S/C20H23ClN2O2/c1-12(2)18(23-19(24)15-8-10-16(21)11-9-15)20(25)22-17-7-5-6-13(3)14(17)4/h5-12,18H,1-4H3,(H,22,25)(H,23,24)/t18-/m1/s1. The largest absolute Gasteiger partial charge is 0.340 e. The van der Waals surface area contributed by atoms with Crippen LogP contribution in [0.4, 0.5) is 5.69 Å². The maximum absolute atomic E-state index is 12.7. The van der Waals surface area contributed by atoms with Gasteiger partial charge in [0.1, 0.15) is 6.04 Å². The molecule has 25 heavy (non-hydrogen) atoms. The molecule has 0 saturated carbocycles. The van der Waals surface area contributed by atoms with Crippen molar-refractivity contribution in [3.8, 4) is 0 Å². The predicted molar refractivity (Wildman–Crippen MR) is 102 cm³/mol. The molecule has 0 aliphatic heterocycles. The third kappa shape index (κ3) is 4.83. The van der Waals surface area contributed by atoms with Crippen LogP contribution in [0.1, 0.15) is 35.3 Å². The number of nitrogens with one attached hydrogen (secondary N) is 2. The fourth-order valence-corrected chi connectivity index (χ4v) is 2.58. The summed E-state index contributed by atoms with van der Waals surface area (Å²) in [5, 5.41) is 6.30. The molecule has 2 rings (SSSR count). The first-order valence-electron chi connectivity index (χ1n) is 8.23. The molecular weight excluding hydrogens is 336 g/mol. The molecule has 0 aliphatic rings. The maximum atomic E-state index is 12.7. The normalized spacial score (nSPS) is 11.9. The molecule has 132 valence electrons. The lowest BCUT2D eigenvalue weighted by Crippen LogP contribution is -2.47. The van der Waals surface area contributed by atoms with Gasteiger partial charge in [0, 0.05) is 16.3 Å². The lowest BCUT2D eigenvalue weighted by molar-refractivity contribution is -0.118. The second-order valence-electron chi connectivity index (χ2n) is 6.44. The van der Waals surface area contributed by atoms with Crippen LogP contribution in [0.3, 0.4) is 0 Å². The molecule has 0 aromatic heterocycles. The zero-order valence-electron chi connectivity index (χ0n) is 14.9. The first kappa shape index (κ1) is 19.0. The van der Waals surface area contributed by atoms with Crippen molar-refractivity contribution < 1.29 is 9.59 Å². The minimum Gasteiger partial charge on any atom is -0.340 e. The molecule has 0 unspecified atom stereocenters. The molecule has 0 spiro atoms. The van der Waals surface area contributed by atoms with E-state index in [9.17, 15) is 9.59 Å². The smallest absolute Gasteiger partial charge is 0.251 e. The topological polar surface area (TPSA) is 58.2 Å². The van der Waals surface area contributed by atoms with E-state index in [-0.39, 0.29) is 17.7 Å². The lowest BCUT2D eigenvalue weighted by atomic mass is 10.0. The summed E-state index contributed by atoms with van der Waals surface area (Å²) in [6.07, 6.45) is 0. The van der Waals surface area contributed by atoms with E-state index >= 15 is 0 Å². The summed E-state index contributed by atoms with van der Waals surface area (Å²) < 4.78 is 0. The van der Waals surface area contributed by atoms with E-state index < -0.39 is 6.04 Å². The van der Waals surface area contributed by atoms with Crippen molar-refractivity contribution in [2.24, 2.45) is 5.92 Å². The minimum atomic E-state index is -0.636. The van der Waals surface area contributed by atoms with Gasteiger partial charge in [-0.25, -0.2) is 0 Å². The van der Waals surface area contributed by atoms with Crippen LogP contribution in [0, 0.1) is 19.8 Å². The summed E-state index contributed by atoms with van der Waals surface area (Å²) in [5.41, 5.74) is 3.34. The highest BCUT2D eigenvalue weighted by Crippen LogP contribution is 2.19. The van der Waals surface area contributed by atoms with E-state index in [1.54, 1.807) is 24.3 Å². The van der Waals surface area contributed by atoms with E-state index in [1.807, 2.05) is 45.9 Å². The fourth-order valence-electron chi connectivity index (χ4n) is 2.46. The first-order valence-corrected chi connectivity index (χ1v) is 8.61. The Labute approximate surface area is 153 Å². The van der Waals surface area contributed by atoms with Gasteiger partial charge in [0.05, 0.1) is 0 Å². The van der Waals surface area contributed by atoms with Crippen LogP contribution >= 0.6 is 11.6 Å². The van der Waals surface area contributed by atoms with Crippen molar-refractivity contribution in [2.45, 2.75) is 33.7 Å². The van der Waals surface area contributed by atoms with Gasteiger partial charge >= 0.3 is 0 Å². The summed E-state index contributed by atoms with van der Waals surface area (Å²) >= 11 is 5.84. The summed E-state index contributed by atoms with van der Waals surface area (Å²) in [6, 6.07) is 11.7. The molecule has 5 heteroatoms. The highest BCUT2D eigenvalue weighted by Gasteiger charge is 2.25. The number of hydrogen-bond acceptors (Lipinski definition) is 2. The monoisotopic (exact) mass is 358 g/mol. The average molecular weight is 359 g/mol. The summed E-state index contributed by atoms with van der Waals surface area (Å²) in [6.45, 7) is 7.75. The number of aryl methyl sites for hydroxylation is 1. The molecule has 0 aliphatic carbocycles. The third-order valence-electron chi connectivity index (χ3n) is 4.20. The zero-order valence-corrected chi connectivity index (χ0v) is 15.6. The Morgan fingerprint density at radius 3 is 2.24 bits per heavy atom. The van der Waals surface area contributed by atoms with Gasteiger partial charge in [-0.1, -0.05) is 37.6 Å². The van der Waals surface area contributed by atoms with Gasteiger partial charge in [-0.3, -0.25) is 9.59 Å². The summed E-state index contributed by atoms with van der Waals surface area (Å²) in [7, 11) is 0. The van der Waals surface area contributed by atoms with E-state index in [4.69, 9.17) is 11.6 Å². The number of anilines is 1. The Kier molecular flexibility index (Phi) is 6.21. The van der Waals surface area contributed by atoms with Gasteiger partial charge < -0.3 is 10.6 Å². The van der Waals surface area contributed by atoms with Crippen LogP contribution in [-0.4, -0.2) is 17.9 Å². The van der Waals surface area contributed by atoms with Crippen LogP contribution in [-0.2, 0) is 4.79 Å². The van der Waals surface area contributed by atoms with E-state index in [1.165, 1.54) is 0 Å². The SMILES string of the molecule is Cc1cccc(NC(=O)[C@H](NC(=O)c2ccc(Cl)cc2)C(C)C)c1C. The van der Waals surface area contributed by atoms with Gasteiger partial charge in [0.25, 0.3) is 5.91 Å². The zero-order chi connectivity index (χ0) is 18.6. The molecule has 0 fully saturated rings. The highest BCUT2D eigenvalue weighted by atomic mass is 35.5. The van der Waals surface area contributed by atoms with Crippen molar-refractivity contribution in [1.29, 1.82) is 0 Å². The van der Waals surface area contributed by atoms with Crippen molar-refractivity contribution >= 4 is 29.1 Å². The van der Waals surface area contributed by atoms with Crippen LogP contribution in [0.5, 0.6) is 0 Å². The number of halogens is 1. The summed E-state index contributed by atoms with van der Waals surface area (Å²) in [4.78, 5) is 25.1. The van der Waals surface area contributed by atoms with Crippen molar-refractivity contribution in [3.63, 3.8) is 0 Å². The number of amides is 2. The number of rotatable bonds is 5. The molecule has 2 aromatic rings. The Morgan fingerprint density at radius 1 is 1.00 bits per heavy atom. The second kappa shape index (κ2) is 8.17. The second-order valence-corrected chi connectivity index (χ2v) is 6.88. The molecule has 4 nitrogen and oxygen atoms in total. The van der Waals surface area contributed by atoms with Crippen molar-refractivity contribution in [2.75, 3.05) is 5.32 Å². The fraction of sp³-hybridized carbons (Fsp3) is 0.300. The molecule has 0 radical (unpaired) electrons. The first-order chi connectivity index (χ1) is 11.8.